The summed E-state index contributed by atoms with van der Waals surface area (Å²) >= 11 is 0. The average Bonchev–Trinajstić information content (AvgIpc) is 2.19. The van der Waals surface area contributed by atoms with Crippen LogP contribution in [0.3, 0.4) is 0 Å². The first-order chi connectivity index (χ1) is 7.50. The van der Waals surface area contributed by atoms with Gasteiger partial charge in [0.15, 0.2) is 0 Å². The Morgan fingerprint density at radius 3 is 2.62 bits per heavy atom. The summed E-state index contributed by atoms with van der Waals surface area (Å²) in [6.07, 6.45) is 3.98. The highest BCUT2D eigenvalue weighted by atomic mass is 15.2. The van der Waals surface area contributed by atoms with E-state index in [9.17, 15) is 0 Å². The molecule has 2 nitrogen and oxygen atoms in total. The minimum Gasteiger partial charge on any atom is -0.314 e. The number of piperidine rings is 1. The van der Waals surface area contributed by atoms with Crippen LogP contribution >= 0.6 is 0 Å². The lowest BCUT2D eigenvalue weighted by atomic mass is 9.90. The Bertz CT molecular complexity index is 191. The molecule has 1 N–H and O–H groups in total. The fourth-order valence-corrected chi connectivity index (χ4v) is 2.62. The van der Waals surface area contributed by atoms with Crippen LogP contribution in [-0.2, 0) is 0 Å². The molecule has 16 heavy (non-hydrogen) atoms. The van der Waals surface area contributed by atoms with E-state index in [1.807, 2.05) is 0 Å². The molecule has 1 fully saturated rings. The van der Waals surface area contributed by atoms with Gasteiger partial charge in [-0.25, -0.2) is 0 Å². The molecule has 0 radical (unpaired) electrons. The van der Waals surface area contributed by atoms with Gasteiger partial charge in [-0.1, -0.05) is 20.8 Å². The van der Waals surface area contributed by atoms with Gasteiger partial charge in [0.2, 0.25) is 0 Å². The van der Waals surface area contributed by atoms with E-state index in [-0.39, 0.29) is 0 Å². The van der Waals surface area contributed by atoms with E-state index in [4.69, 9.17) is 0 Å². The van der Waals surface area contributed by atoms with Gasteiger partial charge in [0.1, 0.15) is 0 Å². The molecule has 1 aliphatic heterocycles. The predicted molar refractivity (Wildman–Crippen MR) is 71.7 cm³/mol. The summed E-state index contributed by atoms with van der Waals surface area (Å²) < 4.78 is 0. The SMILES string of the molecule is CC(C)CCCNC1CC(C)N(C)CC1C. The van der Waals surface area contributed by atoms with Crippen molar-refractivity contribution in [2.75, 3.05) is 20.1 Å². The van der Waals surface area contributed by atoms with Gasteiger partial charge in [-0.15, -0.1) is 0 Å². The zero-order valence-electron chi connectivity index (χ0n) is 11.8. The van der Waals surface area contributed by atoms with Gasteiger partial charge in [-0.3, -0.25) is 0 Å². The van der Waals surface area contributed by atoms with Crippen LogP contribution in [0.2, 0.25) is 0 Å². The van der Waals surface area contributed by atoms with Crippen LogP contribution in [-0.4, -0.2) is 37.1 Å². The third-order valence-electron chi connectivity index (χ3n) is 3.98. The zero-order chi connectivity index (χ0) is 12.1. The molecule has 96 valence electrons. The second-order valence-corrected chi connectivity index (χ2v) is 6.10. The summed E-state index contributed by atoms with van der Waals surface area (Å²) in [5.74, 6) is 1.64. The predicted octanol–water partition coefficient (Wildman–Crippen LogP) is 2.74. The Morgan fingerprint density at radius 2 is 2.00 bits per heavy atom. The number of hydrogen-bond donors (Lipinski definition) is 1. The molecule has 1 saturated heterocycles. The third kappa shape index (κ3) is 4.42. The summed E-state index contributed by atoms with van der Waals surface area (Å²) in [6.45, 7) is 11.8. The summed E-state index contributed by atoms with van der Waals surface area (Å²) in [5, 5.41) is 3.75. The summed E-state index contributed by atoms with van der Waals surface area (Å²) in [4.78, 5) is 2.48. The Hall–Kier alpha value is -0.0800. The molecule has 1 rings (SSSR count). The molecular formula is C14H30N2. The summed E-state index contributed by atoms with van der Waals surface area (Å²) in [7, 11) is 2.25. The molecule has 0 aromatic carbocycles. The van der Waals surface area contributed by atoms with Crippen LogP contribution in [0, 0.1) is 11.8 Å². The number of nitrogens with one attached hydrogen (secondary N) is 1. The van der Waals surface area contributed by atoms with Gasteiger partial charge in [0.05, 0.1) is 0 Å². The van der Waals surface area contributed by atoms with Crippen LogP contribution in [0.25, 0.3) is 0 Å². The maximum Gasteiger partial charge on any atom is 0.0120 e. The van der Waals surface area contributed by atoms with E-state index >= 15 is 0 Å². The lowest BCUT2D eigenvalue weighted by Crippen LogP contribution is -2.51. The lowest BCUT2D eigenvalue weighted by Gasteiger charge is -2.40. The van der Waals surface area contributed by atoms with E-state index in [1.54, 1.807) is 0 Å². The van der Waals surface area contributed by atoms with E-state index in [1.165, 1.54) is 32.4 Å². The largest absolute Gasteiger partial charge is 0.314 e. The molecule has 1 aliphatic rings. The molecule has 0 bridgehead atoms. The Labute approximate surface area is 102 Å². The quantitative estimate of drug-likeness (QED) is 0.725. The topological polar surface area (TPSA) is 15.3 Å². The normalized spacial score (nSPS) is 32.2. The molecule has 1 heterocycles. The molecule has 0 aromatic rings. The molecule has 0 aromatic heterocycles. The van der Waals surface area contributed by atoms with Gasteiger partial charge in [0.25, 0.3) is 0 Å². The van der Waals surface area contributed by atoms with Crippen molar-refractivity contribution >= 4 is 0 Å². The fourth-order valence-electron chi connectivity index (χ4n) is 2.62. The highest BCUT2D eigenvalue weighted by Gasteiger charge is 2.27. The van der Waals surface area contributed by atoms with Crippen molar-refractivity contribution in [3.05, 3.63) is 0 Å². The third-order valence-corrected chi connectivity index (χ3v) is 3.98. The van der Waals surface area contributed by atoms with Gasteiger partial charge in [-0.2, -0.15) is 0 Å². The van der Waals surface area contributed by atoms with Gasteiger partial charge < -0.3 is 10.2 Å². The van der Waals surface area contributed by atoms with Gasteiger partial charge in [-0.05, 0) is 51.6 Å². The van der Waals surface area contributed by atoms with Crippen LogP contribution in [0.1, 0.15) is 47.0 Å². The maximum absolute atomic E-state index is 3.75. The molecule has 0 amide bonds. The number of nitrogens with zero attached hydrogens (tertiary/aromatic N) is 1. The van der Waals surface area contributed by atoms with Crippen molar-refractivity contribution in [3.8, 4) is 0 Å². The lowest BCUT2D eigenvalue weighted by molar-refractivity contribution is 0.121. The highest BCUT2D eigenvalue weighted by molar-refractivity contribution is 4.85. The van der Waals surface area contributed by atoms with E-state index < -0.39 is 0 Å². The van der Waals surface area contributed by atoms with Crippen molar-refractivity contribution in [1.82, 2.24) is 10.2 Å². The van der Waals surface area contributed by atoms with Crippen LogP contribution in [0.4, 0.5) is 0 Å². The standard InChI is InChI=1S/C14H30N2/c1-11(2)7-6-8-15-14-9-13(4)16(5)10-12(14)3/h11-15H,6-10H2,1-5H3. The van der Waals surface area contributed by atoms with Crippen LogP contribution in [0.15, 0.2) is 0 Å². The monoisotopic (exact) mass is 226 g/mol. The van der Waals surface area contributed by atoms with Crippen molar-refractivity contribution in [2.24, 2.45) is 11.8 Å². The average molecular weight is 226 g/mol. The highest BCUT2D eigenvalue weighted by Crippen LogP contribution is 2.20. The maximum atomic E-state index is 3.75. The second-order valence-electron chi connectivity index (χ2n) is 6.10. The first kappa shape index (κ1) is 14.0. The van der Waals surface area contributed by atoms with Crippen LogP contribution < -0.4 is 5.32 Å². The Morgan fingerprint density at radius 1 is 1.31 bits per heavy atom. The molecule has 0 aliphatic carbocycles. The minimum atomic E-state index is 0.735. The number of rotatable bonds is 5. The fraction of sp³-hybridized carbons (Fsp3) is 1.00. The molecule has 3 unspecified atom stereocenters. The molecule has 0 saturated carbocycles. The van der Waals surface area contributed by atoms with Crippen molar-refractivity contribution in [3.63, 3.8) is 0 Å². The van der Waals surface area contributed by atoms with E-state index in [0.29, 0.717) is 0 Å². The number of likely N-dealkylation sites (tertiary alicyclic amines) is 1. The summed E-state index contributed by atoms with van der Waals surface area (Å²) in [5.41, 5.74) is 0. The zero-order valence-corrected chi connectivity index (χ0v) is 11.8. The van der Waals surface area contributed by atoms with Crippen molar-refractivity contribution < 1.29 is 0 Å². The Balaban J connectivity index is 2.20. The smallest absolute Gasteiger partial charge is 0.0120 e. The first-order valence-corrected chi connectivity index (χ1v) is 6.94. The van der Waals surface area contributed by atoms with Crippen LogP contribution in [0.5, 0.6) is 0 Å². The van der Waals surface area contributed by atoms with E-state index in [2.05, 4.69) is 45.0 Å². The van der Waals surface area contributed by atoms with Crippen molar-refractivity contribution in [2.45, 2.75) is 59.0 Å². The number of hydrogen-bond acceptors (Lipinski definition) is 2. The first-order valence-electron chi connectivity index (χ1n) is 6.94. The van der Waals surface area contributed by atoms with Crippen molar-refractivity contribution in [1.29, 1.82) is 0 Å². The molecule has 2 heteroatoms. The van der Waals surface area contributed by atoms with Gasteiger partial charge >= 0.3 is 0 Å². The molecule has 0 spiro atoms. The minimum absolute atomic E-state index is 0.735. The van der Waals surface area contributed by atoms with Gasteiger partial charge in [0, 0.05) is 18.6 Å². The Kier molecular flexibility index (Phi) is 5.77. The molecular weight excluding hydrogens is 196 g/mol. The summed E-state index contributed by atoms with van der Waals surface area (Å²) in [6, 6.07) is 1.47. The second kappa shape index (κ2) is 6.61. The van der Waals surface area contributed by atoms with E-state index in [0.717, 1.165) is 23.9 Å². The molecule has 3 atom stereocenters.